The third kappa shape index (κ3) is 0.979. The largest absolute Gasteiger partial charge is 0.388 e. The van der Waals surface area contributed by atoms with E-state index in [9.17, 15) is 14.7 Å². The molecule has 2 aliphatic rings. The van der Waals surface area contributed by atoms with Crippen LogP contribution in [0.5, 0.6) is 0 Å². The number of nitrogens with one attached hydrogen (secondary N) is 2. The topological polar surface area (TPSA) is 78.4 Å². The summed E-state index contributed by atoms with van der Waals surface area (Å²) >= 11 is 0. The molecule has 0 radical (unpaired) electrons. The fourth-order valence-corrected chi connectivity index (χ4v) is 2.51. The minimum atomic E-state index is -1.08. The number of rotatable bonds is 0. The third-order valence-electron chi connectivity index (χ3n) is 3.22. The maximum absolute atomic E-state index is 11.8. The fourth-order valence-electron chi connectivity index (χ4n) is 2.51. The van der Waals surface area contributed by atoms with Crippen molar-refractivity contribution in [2.45, 2.75) is 18.1 Å². The van der Waals surface area contributed by atoms with Gasteiger partial charge in [-0.25, -0.2) is 4.79 Å². The van der Waals surface area contributed by atoms with Gasteiger partial charge in [0.15, 0.2) is 0 Å². The second kappa shape index (κ2) is 2.82. The van der Waals surface area contributed by atoms with Crippen molar-refractivity contribution in [3.8, 4) is 0 Å². The quantitative estimate of drug-likeness (QED) is 0.543. The van der Waals surface area contributed by atoms with E-state index in [4.69, 9.17) is 0 Å². The maximum Gasteiger partial charge on any atom is 0.322 e. The van der Waals surface area contributed by atoms with Crippen LogP contribution in [0.25, 0.3) is 0 Å². The van der Waals surface area contributed by atoms with Crippen LogP contribution in [-0.4, -0.2) is 17.0 Å². The highest BCUT2D eigenvalue weighted by Gasteiger charge is 2.54. The van der Waals surface area contributed by atoms with Gasteiger partial charge < -0.3 is 10.4 Å². The maximum atomic E-state index is 11.8. The highest BCUT2D eigenvalue weighted by atomic mass is 16.3. The number of imide groups is 1. The lowest BCUT2D eigenvalue weighted by Crippen LogP contribution is -2.41. The molecule has 1 aromatic carbocycles. The number of carbonyl (C=O) groups is 2. The van der Waals surface area contributed by atoms with E-state index in [-0.39, 0.29) is 12.3 Å². The van der Waals surface area contributed by atoms with Gasteiger partial charge in [0.25, 0.3) is 5.91 Å². The van der Waals surface area contributed by atoms with Crippen molar-refractivity contribution in [2.75, 3.05) is 0 Å². The van der Waals surface area contributed by atoms with Gasteiger partial charge in [0, 0.05) is 6.42 Å². The van der Waals surface area contributed by atoms with Crippen molar-refractivity contribution in [3.05, 3.63) is 35.4 Å². The van der Waals surface area contributed by atoms with Crippen LogP contribution < -0.4 is 10.6 Å². The zero-order chi connectivity index (χ0) is 11.3. The van der Waals surface area contributed by atoms with E-state index in [1.54, 1.807) is 24.3 Å². The van der Waals surface area contributed by atoms with Gasteiger partial charge in [-0.05, 0) is 11.1 Å². The van der Waals surface area contributed by atoms with Gasteiger partial charge in [0.2, 0.25) is 0 Å². The molecular formula is C11H10N2O3. The average molecular weight is 218 g/mol. The molecule has 16 heavy (non-hydrogen) atoms. The molecule has 0 unspecified atom stereocenters. The summed E-state index contributed by atoms with van der Waals surface area (Å²) < 4.78 is 0. The molecule has 3 amide bonds. The van der Waals surface area contributed by atoms with Crippen molar-refractivity contribution < 1.29 is 14.7 Å². The van der Waals surface area contributed by atoms with Gasteiger partial charge in [0.05, 0.1) is 6.10 Å². The molecule has 5 heteroatoms. The van der Waals surface area contributed by atoms with Crippen molar-refractivity contribution in [1.82, 2.24) is 10.6 Å². The normalized spacial score (nSPS) is 31.4. The molecule has 0 saturated carbocycles. The number of carbonyl (C=O) groups excluding carboxylic acids is 2. The number of benzene rings is 1. The number of hydrogen-bond donors (Lipinski definition) is 3. The van der Waals surface area contributed by atoms with Gasteiger partial charge in [-0.3, -0.25) is 10.1 Å². The SMILES string of the molecule is O=C1NC(=O)[C@@]2(C[C@H](O)c3ccccc32)N1. The lowest BCUT2D eigenvalue weighted by molar-refractivity contribution is -0.124. The van der Waals surface area contributed by atoms with E-state index in [0.717, 1.165) is 0 Å². The summed E-state index contributed by atoms with van der Waals surface area (Å²) in [6.45, 7) is 0. The van der Waals surface area contributed by atoms with Crippen LogP contribution in [-0.2, 0) is 10.3 Å². The summed E-state index contributed by atoms with van der Waals surface area (Å²) in [7, 11) is 0. The summed E-state index contributed by atoms with van der Waals surface area (Å²) in [6, 6.07) is 6.61. The summed E-state index contributed by atoms with van der Waals surface area (Å²) in [5, 5.41) is 14.7. The molecule has 0 bridgehead atoms. The first-order chi connectivity index (χ1) is 7.63. The molecule has 1 saturated heterocycles. The second-order valence-corrected chi connectivity index (χ2v) is 4.12. The standard InChI is InChI=1S/C11H10N2O3/c14-8-5-11(9(15)12-10(16)13-11)7-4-2-1-3-6(7)8/h1-4,8,14H,5H2,(H2,12,13,15,16)/t8-,11-/m0/s1. The van der Waals surface area contributed by atoms with Crippen LogP contribution in [0.1, 0.15) is 23.7 Å². The minimum absolute atomic E-state index is 0.198. The van der Waals surface area contributed by atoms with Crippen molar-refractivity contribution in [3.63, 3.8) is 0 Å². The molecule has 0 aromatic heterocycles. The summed E-state index contributed by atoms with van der Waals surface area (Å²) in [4.78, 5) is 23.0. The Morgan fingerprint density at radius 3 is 2.75 bits per heavy atom. The monoisotopic (exact) mass is 218 g/mol. The van der Waals surface area contributed by atoms with E-state index in [2.05, 4.69) is 10.6 Å². The Bertz CT molecular complexity index is 500. The molecule has 1 aliphatic heterocycles. The molecule has 2 atom stereocenters. The first-order valence-electron chi connectivity index (χ1n) is 5.04. The highest BCUT2D eigenvalue weighted by molar-refractivity contribution is 6.08. The number of urea groups is 1. The van der Waals surface area contributed by atoms with Gasteiger partial charge in [-0.1, -0.05) is 24.3 Å². The third-order valence-corrected chi connectivity index (χ3v) is 3.22. The molecule has 1 aliphatic carbocycles. The Kier molecular flexibility index (Phi) is 1.65. The zero-order valence-electron chi connectivity index (χ0n) is 8.36. The highest BCUT2D eigenvalue weighted by Crippen LogP contribution is 2.44. The Labute approximate surface area is 91.5 Å². The van der Waals surface area contributed by atoms with Crippen LogP contribution in [0.4, 0.5) is 4.79 Å². The predicted octanol–water partition coefficient (Wildman–Crippen LogP) is 0.158. The van der Waals surface area contributed by atoms with E-state index in [1.165, 1.54) is 0 Å². The van der Waals surface area contributed by atoms with Crippen molar-refractivity contribution in [2.24, 2.45) is 0 Å². The van der Waals surface area contributed by atoms with Crippen LogP contribution in [0.15, 0.2) is 24.3 Å². The predicted molar refractivity (Wildman–Crippen MR) is 54.4 cm³/mol. The summed E-state index contributed by atoms with van der Waals surface area (Å²) in [5.74, 6) is -0.387. The molecular weight excluding hydrogens is 208 g/mol. The molecule has 1 aromatic rings. The summed E-state index contributed by atoms with van der Waals surface area (Å²) in [5.41, 5.74) is 0.318. The van der Waals surface area contributed by atoms with E-state index < -0.39 is 17.7 Å². The van der Waals surface area contributed by atoms with Gasteiger partial charge >= 0.3 is 6.03 Å². The number of fused-ring (bicyclic) bond motifs is 2. The summed E-state index contributed by atoms with van der Waals surface area (Å²) in [6.07, 6.45) is -0.510. The van der Waals surface area contributed by atoms with E-state index >= 15 is 0 Å². The molecule has 3 N–H and O–H groups in total. The number of hydrogen-bond acceptors (Lipinski definition) is 3. The van der Waals surface area contributed by atoms with Crippen LogP contribution in [0, 0.1) is 0 Å². The zero-order valence-corrected chi connectivity index (χ0v) is 8.36. The first kappa shape index (κ1) is 9.35. The Hall–Kier alpha value is -1.88. The van der Waals surface area contributed by atoms with Crippen LogP contribution in [0.3, 0.4) is 0 Å². The van der Waals surface area contributed by atoms with Gasteiger partial charge in [-0.15, -0.1) is 0 Å². The van der Waals surface area contributed by atoms with Gasteiger partial charge in [0.1, 0.15) is 5.54 Å². The lowest BCUT2D eigenvalue weighted by atomic mass is 9.92. The number of amides is 3. The first-order valence-corrected chi connectivity index (χ1v) is 5.04. The lowest BCUT2D eigenvalue weighted by Gasteiger charge is -2.20. The molecule has 1 fully saturated rings. The molecule has 3 rings (SSSR count). The van der Waals surface area contributed by atoms with Crippen LogP contribution in [0.2, 0.25) is 0 Å². The smallest absolute Gasteiger partial charge is 0.322 e. The minimum Gasteiger partial charge on any atom is -0.388 e. The van der Waals surface area contributed by atoms with Crippen molar-refractivity contribution >= 4 is 11.9 Å². The average Bonchev–Trinajstić information content (AvgIpc) is 2.69. The molecule has 1 spiro atoms. The number of aliphatic hydroxyl groups excluding tert-OH is 1. The van der Waals surface area contributed by atoms with Crippen molar-refractivity contribution in [1.29, 1.82) is 0 Å². The van der Waals surface area contributed by atoms with E-state index in [0.29, 0.717) is 11.1 Å². The molecule has 5 nitrogen and oxygen atoms in total. The van der Waals surface area contributed by atoms with Gasteiger partial charge in [-0.2, -0.15) is 0 Å². The Morgan fingerprint density at radius 1 is 1.31 bits per heavy atom. The second-order valence-electron chi connectivity index (χ2n) is 4.12. The molecule has 82 valence electrons. The fraction of sp³-hybridized carbons (Fsp3) is 0.273. The van der Waals surface area contributed by atoms with Crippen LogP contribution >= 0.6 is 0 Å². The number of aliphatic hydroxyl groups is 1. The van der Waals surface area contributed by atoms with E-state index in [1.807, 2.05) is 0 Å². The Morgan fingerprint density at radius 2 is 2.06 bits per heavy atom. The molecule has 1 heterocycles. The Balaban J connectivity index is 2.19.